The van der Waals surface area contributed by atoms with Crippen molar-refractivity contribution >= 4 is 23.7 Å². The summed E-state index contributed by atoms with van der Waals surface area (Å²) in [7, 11) is 1.43. The maximum absolute atomic E-state index is 12.2. The van der Waals surface area contributed by atoms with Crippen LogP contribution in [-0.4, -0.2) is 46.8 Å². The van der Waals surface area contributed by atoms with Gasteiger partial charge in [-0.2, -0.15) is 0 Å². The molecular formula is C16H18N2O5. The Kier molecular flexibility index (Phi) is 4.78. The van der Waals surface area contributed by atoms with Crippen LogP contribution in [0.5, 0.6) is 0 Å². The molecule has 7 heteroatoms. The fourth-order valence-corrected chi connectivity index (χ4v) is 2.38. The maximum atomic E-state index is 12.2. The molecule has 7 nitrogen and oxygen atoms in total. The lowest BCUT2D eigenvalue weighted by molar-refractivity contribution is -0.141. The number of hydrogen-bond acceptors (Lipinski definition) is 4. The molecule has 3 amide bonds. The third-order valence-electron chi connectivity index (χ3n) is 4.01. The maximum Gasteiger partial charge on any atom is 0.326 e. The Morgan fingerprint density at radius 3 is 2.39 bits per heavy atom. The number of likely N-dealkylation sites (N-methyl/N-ethyl adjacent to an activating group) is 1. The van der Waals surface area contributed by atoms with Crippen molar-refractivity contribution in [3.8, 4) is 0 Å². The smallest absolute Gasteiger partial charge is 0.326 e. The van der Waals surface area contributed by atoms with Gasteiger partial charge in [-0.15, -0.1) is 0 Å². The fraction of sp³-hybridized carbons (Fsp3) is 0.375. The number of nitrogens with one attached hydrogen (secondary N) is 1. The highest BCUT2D eigenvalue weighted by Gasteiger charge is 2.30. The summed E-state index contributed by atoms with van der Waals surface area (Å²) in [6.07, 6.45) is 0.603. The molecule has 2 N–H and O–H groups in total. The van der Waals surface area contributed by atoms with Crippen molar-refractivity contribution in [1.29, 1.82) is 0 Å². The average Bonchev–Trinajstić information content (AvgIpc) is 2.83. The Labute approximate surface area is 133 Å². The van der Waals surface area contributed by atoms with Gasteiger partial charge in [0, 0.05) is 19.0 Å². The Morgan fingerprint density at radius 2 is 1.91 bits per heavy atom. The lowest BCUT2D eigenvalue weighted by Crippen LogP contribution is -2.40. The molecule has 1 aliphatic heterocycles. The summed E-state index contributed by atoms with van der Waals surface area (Å²) in [5.74, 6) is -2.38. The van der Waals surface area contributed by atoms with Crippen LogP contribution in [0.2, 0.25) is 0 Å². The second-order valence-corrected chi connectivity index (χ2v) is 5.64. The first-order valence-corrected chi connectivity index (χ1v) is 7.22. The number of benzene rings is 1. The molecule has 0 aromatic heterocycles. The molecule has 122 valence electrons. The zero-order valence-electron chi connectivity index (χ0n) is 12.9. The van der Waals surface area contributed by atoms with Gasteiger partial charge in [-0.25, -0.2) is 4.79 Å². The first-order chi connectivity index (χ1) is 10.8. The van der Waals surface area contributed by atoms with Crippen LogP contribution in [0.15, 0.2) is 24.3 Å². The number of aliphatic carboxylic acids is 1. The number of carboxylic acids is 1. The van der Waals surface area contributed by atoms with Crippen LogP contribution < -0.4 is 5.32 Å². The lowest BCUT2D eigenvalue weighted by atomic mass is 9.97. The molecule has 1 saturated heterocycles. The van der Waals surface area contributed by atoms with Crippen molar-refractivity contribution in [2.75, 3.05) is 7.05 Å². The Balaban J connectivity index is 2.04. The van der Waals surface area contributed by atoms with Gasteiger partial charge in [0.1, 0.15) is 6.04 Å². The van der Waals surface area contributed by atoms with Gasteiger partial charge < -0.3 is 10.0 Å². The second-order valence-electron chi connectivity index (χ2n) is 5.64. The van der Waals surface area contributed by atoms with E-state index in [2.05, 4.69) is 5.32 Å². The molecule has 1 aliphatic rings. The molecule has 1 aromatic carbocycles. The lowest BCUT2D eigenvalue weighted by Gasteiger charge is -2.21. The molecule has 23 heavy (non-hydrogen) atoms. The van der Waals surface area contributed by atoms with Gasteiger partial charge in [0.25, 0.3) is 5.91 Å². The Bertz CT molecular complexity index is 653. The van der Waals surface area contributed by atoms with Gasteiger partial charge >= 0.3 is 5.97 Å². The van der Waals surface area contributed by atoms with E-state index in [4.69, 9.17) is 5.11 Å². The van der Waals surface area contributed by atoms with Crippen LogP contribution in [0, 0.1) is 5.92 Å². The Morgan fingerprint density at radius 1 is 1.30 bits per heavy atom. The summed E-state index contributed by atoms with van der Waals surface area (Å²) in [6.45, 7) is 1.43. The summed E-state index contributed by atoms with van der Waals surface area (Å²) < 4.78 is 0. The molecule has 1 aromatic rings. The number of hydrogen-bond donors (Lipinski definition) is 2. The molecule has 0 aliphatic carbocycles. The highest BCUT2D eigenvalue weighted by atomic mass is 16.4. The first-order valence-electron chi connectivity index (χ1n) is 7.22. The number of amides is 3. The molecule has 1 fully saturated rings. The van der Waals surface area contributed by atoms with Gasteiger partial charge in [0.2, 0.25) is 11.8 Å². The van der Waals surface area contributed by atoms with Crippen LogP contribution in [0.3, 0.4) is 0 Å². The number of carboxylic acid groups (broad SMARTS) is 1. The SMILES string of the molecule is CC(C(=O)O)N(C)C(=O)c1ccc(CC2CC(=O)NC2=O)cc1. The fourth-order valence-electron chi connectivity index (χ4n) is 2.38. The number of imide groups is 1. The summed E-state index contributed by atoms with van der Waals surface area (Å²) in [5, 5.41) is 11.2. The Hall–Kier alpha value is -2.70. The van der Waals surface area contributed by atoms with Crippen molar-refractivity contribution in [1.82, 2.24) is 10.2 Å². The van der Waals surface area contributed by atoms with E-state index in [1.807, 2.05) is 0 Å². The van der Waals surface area contributed by atoms with E-state index < -0.39 is 12.0 Å². The van der Waals surface area contributed by atoms with Crippen molar-refractivity contribution in [3.63, 3.8) is 0 Å². The van der Waals surface area contributed by atoms with E-state index in [1.165, 1.54) is 14.0 Å². The number of rotatable bonds is 5. The summed E-state index contributed by atoms with van der Waals surface area (Å²) >= 11 is 0. The molecule has 0 spiro atoms. The van der Waals surface area contributed by atoms with Crippen LogP contribution in [0.1, 0.15) is 29.3 Å². The van der Waals surface area contributed by atoms with Crippen molar-refractivity contribution < 1.29 is 24.3 Å². The first kappa shape index (κ1) is 16.7. The zero-order valence-corrected chi connectivity index (χ0v) is 12.9. The van der Waals surface area contributed by atoms with Gasteiger partial charge in [-0.3, -0.25) is 19.7 Å². The predicted octanol–water partition coefficient (Wildman–Crippen LogP) is 0.437. The summed E-state index contributed by atoms with van der Waals surface area (Å²) in [6, 6.07) is 5.69. The van der Waals surface area contributed by atoms with Crippen LogP contribution >= 0.6 is 0 Å². The van der Waals surface area contributed by atoms with Gasteiger partial charge in [0.15, 0.2) is 0 Å². The van der Waals surface area contributed by atoms with E-state index in [-0.39, 0.29) is 30.1 Å². The minimum atomic E-state index is -1.07. The normalized spacial score (nSPS) is 18.4. The summed E-state index contributed by atoms with van der Waals surface area (Å²) in [4.78, 5) is 47.0. The van der Waals surface area contributed by atoms with Crippen molar-refractivity contribution in [2.45, 2.75) is 25.8 Å². The van der Waals surface area contributed by atoms with Gasteiger partial charge in [0.05, 0.1) is 5.92 Å². The van der Waals surface area contributed by atoms with Gasteiger partial charge in [-0.1, -0.05) is 12.1 Å². The summed E-state index contributed by atoms with van der Waals surface area (Å²) in [5.41, 5.74) is 1.21. The standard InChI is InChI=1S/C16H18N2O5/c1-9(16(22)23)18(2)15(21)11-5-3-10(4-6-11)7-12-8-13(19)17-14(12)20/h3-6,9,12H,7-8H2,1-2H3,(H,22,23)(H,17,19,20). The molecule has 0 saturated carbocycles. The highest BCUT2D eigenvalue weighted by molar-refractivity contribution is 6.03. The highest BCUT2D eigenvalue weighted by Crippen LogP contribution is 2.18. The van der Waals surface area contributed by atoms with E-state index in [0.29, 0.717) is 12.0 Å². The van der Waals surface area contributed by atoms with Gasteiger partial charge in [-0.05, 0) is 31.0 Å². The zero-order chi connectivity index (χ0) is 17.1. The van der Waals surface area contributed by atoms with Crippen LogP contribution in [0.25, 0.3) is 0 Å². The number of nitrogens with zero attached hydrogens (tertiary/aromatic N) is 1. The van der Waals surface area contributed by atoms with E-state index in [9.17, 15) is 19.2 Å². The molecule has 0 bridgehead atoms. The molecule has 2 rings (SSSR count). The quantitative estimate of drug-likeness (QED) is 0.767. The van der Waals surface area contributed by atoms with Crippen molar-refractivity contribution in [2.24, 2.45) is 5.92 Å². The van der Waals surface area contributed by atoms with E-state index in [0.717, 1.165) is 10.5 Å². The second kappa shape index (κ2) is 6.60. The van der Waals surface area contributed by atoms with Crippen LogP contribution in [-0.2, 0) is 20.8 Å². The minimum absolute atomic E-state index is 0.179. The minimum Gasteiger partial charge on any atom is -0.480 e. The van der Waals surface area contributed by atoms with Crippen molar-refractivity contribution in [3.05, 3.63) is 35.4 Å². The molecule has 2 unspecified atom stereocenters. The molecular weight excluding hydrogens is 300 g/mol. The predicted molar refractivity (Wildman–Crippen MR) is 80.6 cm³/mol. The largest absolute Gasteiger partial charge is 0.480 e. The number of carbonyl (C=O) groups excluding carboxylic acids is 3. The molecule has 2 atom stereocenters. The monoisotopic (exact) mass is 318 g/mol. The average molecular weight is 318 g/mol. The molecule has 1 heterocycles. The number of carbonyl (C=O) groups is 4. The van der Waals surface area contributed by atoms with E-state index >= 15 is 0 Å². The van der Waals surface area contributed by atoms with Crippen LogP contribution in [0.4, 0.5) is 0 Å². The molecule has 0 radical (unpaired) electrons. The third-order valence-corrected chi connectivity index (χ3v) is 4.01. The van der Waals surface area contributed by atoms with E-state index in [1.54, 1.807) is 24.3 Å². The third kappa shape index (κ3) is 3.74. The topological polar surface area (TPSA) is 104 Å².